The highest BCUT2D eigenvalue weighted by Crippen LogP contribution is 2.26. The normalized spacial score (nSPS) is 17.3. The van der Waals surface area contributed by atoms with Crippen molar-refractivity contribution < 1.29 is 14.1 Å². The SMILES string of the molecule is Nc1nc(N2CCC[C@H](C(=O)c3ccc(F)cc3)C2)ncc1[N+](=O)[O-]. The van der Waals surface area contributed by atoms with E-state index in [-0.39, 0.29) is 29.2 Å². The van der Waals surface area contributed by atoms with Crippen molar-refractivity contribution in [2.75, 3.05) is 23.7 Å². The summed E-state index contributed by atoms with van der Waals surface area (Å²) in [5.74, 6) is -0.683. The van der Waals surface area contributed by atoms with Crippen LogP contribution in [0.2, 0.25) is 0 Å². The molecule has 0 spiro atoms. The Morgan fingerprint density at radius 1 is 1.36 bits per heavy atom. The smallest absolute Gasteiger partial charge is 0.329 e. The fraction of sp³-hybridized carbons (Fsp3) is 0.312. The van der Waals surface area contributed by atoms with Gasteiger partial charge in [-0.15, -0.1) is 0 Å². The van der Waals surface area contributed by atoms with Crippen LogP contribution in [0.5, 0.6) is 0 Å². The van der Waals surface area contributed by atoms with Gasteiger partial charge in [-0.25, -0.2) is 9.37 Å². The number of hydrogen-bond acceptors (Lipinski definition) is 7. The molecule has 1 fully saturated rings. The number of nitrogen functional groups attached to an aromatic ring is 1. The van der Waals surface area contributed by atoms with Crippen molar-refractivity contribution in [1.29, 1.82) is 0 Å². The maximum Gasteiger partial charge on any atom is 0.329 e. The quantitative estimate of drug-likeness (QED) is 0.513. The van der Waals surface area contributed by atoms with Crippen molar-refractivity contribution in [2.24, 2.45) is 5.92 Å². The van der Waals surface area contributed by atoms with E-state index in [0.717, 1.165) is 12.6 Å². The first-order chi connectivity index (χ1) is 12.0. The Balaban J connectivity index is 1.77. The lowest BCUT2D eigenvalue weighted by Gasteiger charge is -2.32. The molecule has 3 rings (SSSR count). The van der Waals surface area contributed by atoms with Crippen molar-refractivity contribution >= 4 is 23.2 Å². The van der Waals surface area contributed by atoms with Gasteiger partial charge in [0.05, 0.1) is 4.92 Å². The first-order valence-electron chi connectivity index (χ1n) is 7.77. The summed E-state index contributed by atoms with van der Waals surface area (Å²) < 4.78 is 13.0. The van der Waals surface area contributed by atoms with Crippen molar-refractivity contribution in [1.82, 2.24) is 9.97 Å². The average Bonchev–Trinajstić information content (AvgIpc) is 2.61. The molecule has 0 amide bonds. The van der Waals surface area contributed by atoms with Crippen LogP contribution < -0.4 is 10.6 Å². The van der Waals surface area contributed by atoms with E-state index in [9.17, 15) is 19.3 Å². The molecule has 0 unspecified atom stereocenters. The molecule has 1 aliphatic heterocycles. The Morgan fingerprint density at radius 3 is 2.72 bits per heavy atom. The molecule has 1 aromatic heterocycles. The number of piperidine rings is 1. The lowest BCUT2D eigenvalue weighted by Crippen LogP contribution is -2.39. The topological polar surface area (TPSA) is 115 Å². The summed E-state index contributed by atoms with van der Waals surface area (Å²) in [5.41, 5.74) is 5.72. The second-order valence-electron chi connectivity index (χ2n) is 5.85. The van der Waals surface area contributed by atoms with E-state index in [0.29, 0.717) is 25.1 Å². The fourth-order valence-corrected chi connectivity index (χ4v) is 2.89. The van der Waals surface area contributed by atoms with Gasteiger partial charge in [0.25, 0.3) is 0 Å². The summed E-state index contributed by atoms with van der Waals surface area (Å²) in [5, 5.41) is 10.8. The highest BCUT2D eigenvalue weighted by Gasteiger charge is 2.28. The van der Waals surface area contributed by atoms with Crippen LogP contribution in [-0.2, 0) is 0 Å². The monoisotopic (exact) mass is 345 g/mol. The minimum atomic E-state index is -0.643. The molecule has 8 nitrogen and oxygen atoms in total. The number of rotatable bonds is 4. The number of nitrogens with two attached hydrogens (primary N) is 1. The van der Waals surface area contributed by atoms with Gasteiger partial charge in [0.2, 0.25) is 11.8 Å². The zero-order chi connectivity index (χ0) is 18.0. The number of nitrogens with zero attached hydrogens (tertiary/aromatic N) is 4. The first kappa shape index (κ1) is 16.7. The van der Waals surface area contributed by atoms with E-state index in [2.05, 4.69) is 9.97 Å². The van der Waals surface area contributed by atoms with Crippen LogP contribution in [0, 0.1) is 21.8 Å². The van der Waals surface area contributed by atoms with Crippen LogP contribution in [0.15, 0.2) is 30.5 Å². The van der Waals surface area contributed by atoms with Crippen LogP contribution in [0.3, 0.4) is 0 Å². The minimum Gasteiger partial charge on any atom is -0.378 e. The van der Waals surface area contributed by atoms with Gasteiger partial charge in [0.1, 0.15) is 12.0 Å². The molecule has 0 radical (unpaired) electrons. The Kier molecular flexibility index (Phi) is 4.55. The van der Waals surface area contributed by atoms with Crippen LogP contribution >= 0.6 is 0 Å². The van der Waals surface area contributed by atoms with Crippen molar-refractivity contribution in [3.63, 3.8) is 0 Å². The largest absolute Gasteiger partial charge is 0.378 e. The standard InChI is InChI=1S/C16H16FN5O3/c17-12-5-3-10(4-6-12)14(23)11-2-1-7-21(9-11)16-19-8-13(22(24)25)15(18)20-16/h3-6,8,11H,1-2,7,9H2,(H2,18,19,20)/t11-/m0/s1. The summed E-state index contributed by atoms with van der Waals surface area (Å²) >= 11 is 0. The molecular formula is C16H16FN5O3. The number of carbonyl (C=O) groups excluding carboxylic acids is 1. The first-order valence-corrected chi connectivity index (χ1v) is 7.77. The Morgan fingerprint density at radius 2 is 2.08 bits per heavy atom. The molecule has 2 aromatic rings. The van der Waals surface area contributed by atoms with Crippen molar-refractivity contribution in [3.8, 4) is 0 Å². The number of halogens is 1. The van der Waals surface area contributed by atoms with E-state index < -0.39 is 10.7 Å². The number of carbonyl (C=O) groups is 1. The van der Waals surface area contributed by atoms with E-state index in [4.69, 9.17) is 5.73 Å². The highest BCUT2D eigenvalue weighted by molar-refractivity contribution is 5.98. The van der Waals surface area contributed by atoms with Crippen LogP contribution in [0.1, 0.15) is 23.2 Å². The molecule has 1 aromatic carbocycles. The predicted octanol–water partition coefficient (Wildman–Crippen LogP) is 2.21. The lowest BCUT2D eigenvalue weighted by atomic mass is 9.90. The molecule has 2 heterocycles. The van der Waals surface area contributed by atoms with Gasteiger partial charge in [0.15, 0.2) is 5.78 Å². The molecule has 25 heavy (non-hydrogen) atoms. The van der Waals surface area contributed by atoms with E-state index >= 15 is 0 Å². The number of benzene rings is 1. The Labute approximate surface area is 142 Å². The lowest BCUT2D eigenvalue weighted by molar-refractivity contribution is -0.384. The average molecular weight is 345 g/mol. The summed E-state index contributed by atoms with van der Waals surface area (Å²) in [7, 11) is 0. The molecule has 1 aliphatic rings. The third kappa shape index (κ3) is 3.54. The number of anilines is 2. The number of Topliss-reactive ketones (excluding diaryl/α,β-unsaturated/α-hetero) is 1. The third-order valence-corrected chi connectivity index (χ3v) is 4.19. The molecule has 0 saturated carbocycles. The van der Waals surface area contributed by atoms with E-state index in [1.807, 2.05) is 0 Å². The minimum absolute atomic E-state index is 0.0698. The maximum absolute atomic E-state index is 13.0. The van der Waals surface area contributed by atoms with Crippen LogP contribution in [0.4, 0.5) is 21.8 Å². The molecule has 1 atom stereocenters. The Bertz CT molecular complexity index is 812. The molecule has 0 bridgehead atoms. The summed E-state index contributed by atoms with van der Waals surface area (Å²) in [6, 6.07) is 5.45. The molecule has 130 valence electrons. The van der Waals surface area contributed by atoms with Gasteiger partial charge in [-0.05, 0) is 37.1 Å². The molecule has 1 saturated heterocycles. The van der Waals surface area contributed by atoms with Crippen molar-refractivity contribution in [3.05, 3.63) is 52.0 Å². The zero-order valence-electron chi connectivity index (χ0n) is 13.3. The third-order valence-electron chi connectivity index (χ3n) is 4.19. The maximum atomic E-state index is 13.0. The van der Waals surface area contributed by atoms with Gasteiger partial charge in [-0.2, -0.15) is 4.98 Å². The molecule has 9 heteroatoms. The Hall–Kier alpha value is -3.10. The van der Waals surface area contributed by atoms with Gasteiger partial charge in [0, 0.05) is 24.6 Å². The van der Waals surface area contributed by atoms with Crippen molar-refractivity contribution in [2.45, 2.75) is 12.8 Å². The second kappa shape index (κ2) is 6.80. The second-order valence-corrected chi connectivity index (χ2v) is 5.85. The van der Waals surface area contributed by atoms with Gasteiger partial charge >= 0.3 is 5.69 Å². The summed E-state index contributed by atoms with van der Waals surface area (Å²) in [4.78, 5) is 32.5. The molecule has 2 N–H and O–H groups in total. The van der Waals surface area contributed by atoms with E-state index in [1.165, 1.54) is 24.3 Å². The molecule has 0 aliphatic carbocycles. The van der Waals surface area contributed by atoms with Crippen LogP contribution in [-0.4, -0.2) is 33.8 Å². The summed E-state index contributed by atoms with van der Waals surface area (Å²) in [6.07, 6.45) is 2.52. The van der Waals surface area contributed by atoms with E-state index in [1.54, 1.807) is 4.90 Å². The van der Waals surface area contributed by atoms with Crippen LogP contribution in [0.25, 0.3) is 0 Å². The predicted molar refractivity (Wildman–Crippen MR) is 88.8 cm³/mol. The van der Waals surface area contributed by atoms with Gasteiger partial charge in [-0.3, -0.25) is 14.9 Å². The number of nitro groups is 1. The number of ketones is 1. The zero-order valence-corrected chi connectivity index (χ0v) is 13.3. The number of aromatic nitrogens is 2. The molecular weight excluding hydrogens is 329 g/mol. The highest BCUT2D eigenvalue weighted by atomic mass is 19.1. The summed E-state index contributed by atoms with van der Waals surface area (Å²) in [6.45, 7) is 1.01. The van der Waals surface area contributed by atoms with Gasteiger partial charge in [-0.1, -0.05) is 0 Å². The number of hydrogen-bond donors (Lipinski definition) is 1. The van der Waals surface area contributed by atoms with Gasteiger partial charge < -0.3 is 10.6 Å². The fourth-order valence-electron chi connectivity index (χ4n) is 2.89.